The van der Waals surface area contributed by atoms with Crippen LogP contribution in [0.2, 0.25) is 0 Å². The van der Waals surface area contributed by atoms with E-state index in [0.717, 1.165) is 23.7 Å². The SMILES string of the molecule is CNC(CSCC(C)C)Cc1cccc(F)c1. The summed E-state index contributed by atoms with van der Waals surface area (Å²) >= 11 is 1.96. The fraction of sp³-hybridized carbons (Fsp3) is 0.571. The van der Waals surface area contributed by atoms with Crippen LogP contribution in [0.25, 0.3) is 0 Å². The minimum absolute atomic E-state index is 0.146. The first kappa shape index (κ1) is 14.5. The van der Waals surface area contributed by atoms with Gasteiger partial charge in [-0.3, -0.25) is 0 Å². The van der Waals surface area contributed by atoms with Gasteiger partial charge in [-0.1, -0.05) is 26.0 Å². The van der Waals surface area contributed by atoms with Crippen molar-refractivity contribution in [3.8, 4) is 0 Å². The van der Waals surface area contributed by atoms with Crippen LogP contribution in [0.3, 0.4) is 0 Å². The molecular formula is C14H22FNS. The molecule has 17 heavy (non-hydrogen) atoms. The molecule has 0 bridgehead atoms. The summed E-state index contributed by atoms with van der Waals surface area (Å²) in [7, 11) is 1.97. The Morgan fingerprint density at radius 3 is 2.65 bits per heavy atom. The van der Waals surface area contributed by atoms with Crippen molar-refractivity contribution in [2.24, 2.45) is 5.92 Å². The Morgan fingerprint density at radius 2 is 2.06 bits per heavy atom. The number of likely N-dealkylation sites (N-methyl/N-ethyl adjacent to an activating group) is 1. The lowest BCUT2D eigenvalue weighted by atomic mass is 10.1. The van der Waals surface area contributed by atoms with Crippen molar-refractivity contribution in [1.29, 1.82) is 0 Å². The minimum Gasteiger partial charge on any atom is -0.316 e. The molecule has 1 aromatic carbocycles. The minimum atomic E-state index is -0.146. The Balaban J connectivity index is 2.41. The molecular weight excluding hydrogens is 233 g/mol. The molecule has 0 saturated carbocycles. The highest BCUT2D eigenvalue weighted by Crippen LogP contribution is 2.12. The number of nitrogens with one attached hydrogen (secondary N) is 1. The molecule has 0 radical (unpaired) electrons. The molecule has 0 aromatic heterocycles. The van der Waals surface area contributed by atoms with Gasteiger partial charge in [0.05, 0.1) is 0 Å². The van der Waals surface area contributed by atoms with Crippen LogP contribution in [0.15, 0.2) is 24.3 Å². The summed E-state index contributed by atoms with van der Waals surface area (Å²) in [6, 6.07) is 7.29. The van der Waals surface area contributed by atoms with Crippen molar-refractivity contribution in [2.75, 3.05) is 18.6 Å². The number of hydrogen-bond acceptors (Lipinski definition) is 2. The Kier molecular flexibility index (Phi) is 6.60. The Labute approximate surface area is 108 Å². The van der Waals surface area contributed by atoms with Gasteiger partial charge in [-0.25, -0.2) is 4.39 Å². The van der Waals surface area contributed by atoms with E-state index >= 15 is 0 Å². The average molecular weight is 255 g/mol. The second-order valence-electron chi connectivity index (χ2n) is 4.75. The summed E-state index contributed by atoms with van der Waals surface area (Å²) in [5, 5.41) is 3.30. The normalized spacial score (nSPS) is 13.0. The van der Waals surface area contributed by atoms with Gasteiger partial charge in [0.1, 0.15) is 5.82 Å². The molecule has 96 valence electrons. The van der Waals surface area contributed by atoms with Crippen LogP contribution in [-0.2, 0) is 6.42 Å². The third kappa shape index (κ3) is 6.08. The van der Waals surface area contributed by atoms with Crippen LogP contribution < -0.4 is 5.32 Å². The average Bonchev–Trinajstić information content (AvgIpc) is 2.27. The van der Waals surface area contributed by atoms with Crippen LogP contribution in [0.4, 0.5) is 4.39 Å². The van der Waals surface area contributed by atoms with Gasteiger partial charge in [0, 0.05) is 11.8 Å². The molecule has 0 aliphatic heterocycles. The number of rotatable bonds is 7. The highest BCUT2D eigenvalue weighted by Gasteiger charge is 2.08. The van der Waals surface area contributed by atoms with Gasteiger partial charge in [0.2, 0.25) is 0 Å². The lowest BCUT2D eigenvalue weighted by Gasteiger charge is -2.16. The van der Waals surface area contributed by atoms with Crippen LogP contribution in [-0.4, -0.2) is 24.6 Å². The van der Waals surface area contributed by atoms with Crippen LogP contribution in [0.5, 0.6) is 0 Å². The van der Waals surface area contributed by atoms with Gasteiger partial charge in [0.15, 0.2) is 0 Å². The summed E-state index contributed by atoms with van der Waals surface area (Å²) in [5.74, 6) is 2.84. The Bertz CT molecular complexity index is 328. The third-order valence-corrected chi connectivity index (χ3v) is 4.09. The Hall–Kier alpha value is -0.540. The van der Waals surface area contributed by atoms with E-state index in [-0.39, 0.29) is 5.82 Å². The fourth-order valence-corrected chi connectivity index (χ4v) is 2.82. The molecule has 1 rings (SSSR count). The molecule has 3 heteroatoms. The molecule has 1 aromatic rings. The maximum Gasteiger partial charge on any atom is 0.123 e. The van der Waals surface area contributed by atoms with E-state index in [4.69, 9.17) is 0 Å². The smallest absolute Gasteiger partial charge is 0.123 e. The molecule has 1 atom stereocenters. The van der Waals surface area contributed by atoms with E-state index in [1.807, 2.05) is 24.9 Å². The molecule has 1 nitrogen and oxygen atoms in total. The summed E-state index contributed by atoms with van der Waals surface area (Å²) in [6.45, 7) is 4.46. The fourth-order valence-electron chi connectivity index (χ4n) is 1.64. The van der Waals surface area contributed by atoms with Crippen molar-refractivity contribution >= 4 is 11.8 Å². The monoisotopic (exact) mass is 255 g/mol. The molecule has 0 spiro atoms. The van der Waals surface area contributed by atoms with Crippen LogP contribution in [0, 0.1) is 11.7 Å². The van der Waals surface area contributed by atoms with E-state index in [0.29, 0.717) is 6.04 Å². The quantitative estimate of drug-likeness (QED) is 0.802. The molecule has 1 N–H and O–H groups in total. The largest absolute Gasteiger partial charge is 0.316 e. The molecule has 0 heterocycles. The number of benzene rings is 1. The maximum atomic E-state index is 13.1. The predicted molar refractivity (Wildman–Crippen MR) is 75.1 cm³/mol. The van der Waals surface area contributed by atoms with Gasteiger partial charge in [-0.2, -0.15) is 11.8 Å². The summed E-state index contributed by atoms with van der Waals surface area (Å²) in [4.78, 5) is 0. The van der Waals surface area contributed by atoms with E-state index in [1.165, 1.54) is 11.8 Å². The third-order valence-electron chi connectivity index (χ3n) is 2.55. The molecule has 1 unspecified atom stereocenters. The van der Waals surface area contributed by atoms with Gasteiger partial charge in [-0.05, 0) is 42.8 Å². The summed E-state index contributed by atoms with van der Waals surface area (Å²) in [5.41, 5.74) is 1.06. The molecule has 0 amide bonds. The zero-order valence-electron chi connectivity index (χ0n) is 10.9. The number of halogens is 1. The van der Waals surface area contributed by atoms with Crippen LogP contribution in [0.1, 0.15) is 19.4 Å². The molecule has 0 aliphatic carbocycles. The van der Waals surface area contributed by atoms with Crippen molar-refractivity contribution < 1.29 is 4.39 Å². The zero-order chi connectivity index (χ0) is 12.7. The first-order chi connectivity index (χ1) is 8.11. The second kappa shape index (κ2) is 7.72. The van der Waals surface area contributed by atoms with Crippen molar-refractivity contribution in [3.05, 3.63) is 35.6 Å². The van der Waals surface area contributed by atoms with Gasteiger partial charge in [-0.15, -0.1) is 0 Å². The lowest BCUT2D eigenvalue weighted by Crippen LogP contribution is -2.30. The highest BCUT2D eigenvalue weighted by atomic mass is 32.2. The number of thioether (sulfide) groups is 1. The first-order valence-corrected chi connectivity index (χ1v) is 7.26. The standard InChI is InChI=1S/C14H22FNS/c1-11(2)9-17-10-14(16-3)8-12-5-4-6-13(15)7-12/h4-7,11,14,16H,8-10H2,1-3H3. The first-order valence-electron chi connectivity index (χ1n) is 6.11. The van der Waals surface area contributed by atoms with Gasteiger partial charge >= 0.3 is 0 Å². The maximum absolute atomic E-state index is 13.1. The van der Waals surface area contributed by atoms with E-state index in [2.05, 4.69) is 19.2 Å². The van der Waals surface area contributed by atoms with Crippen molar-refractivity contribution in [2.45, 2.75) is 26.3 Å². The zero-order valence-corrected chi connectivity index (χ0v) is 11.7. The predicted octanol–water partition coefficient (Wildman–Crippen LogP) is 3.35. The molecule has 0 fully saturated rings. The summed E-state index contributed by atoms with van der Waals surface area (Å²) < 4.78 is 13.1. The van der Waals surface area contributed by atoms with E-state index < -0.39 is 0 Å². The van der Waals surface area contributed by atoms with E-state index in [9.17, 15) is 4.39 Å². The van der Waals surface area contributed by atoms with Gasteiger partial charge < -0.3 is 5.32 Å². The van der Waals surface area contributed by atoms with Crippen molar-refractivity contribution in [1.82, 2.24) is 5.32 Å². The van der Waals surface area contributed by atoms with Crippen molar-refractivity contribution in [3.63, 3.8) is 0 Å². The second-order valence-corrected chi connectivity index (χ2v) is 5.83. The van der Waals surface area contributed by atoms with Crippen LogP contribution >= 0.6 is 11.8 Å². The van der Waals surface area contributed by atoms with E-state index in [1.54, 1.807) is 12.1 Å². The summed E-state index contributed by atoms with van der Waals surface area (Å²) in [6.07, 6.45) is 0.888. The Morgan fingerprint density at radius 1 is 1.29 bits per heavy atom. The topological polar surface area (TPSA) is 12.0 Å². The highest BCUT2D eigenvalue weighted by molar-refractivity contribution is 7.99. The number of hydrogen-bond donors (Lipinski definition) is 1. The van der Waals surface area contributed by atoms with Gasteiger partial charge in [0.25, 0.3) is 0 Å². The molecule has 0 aliphatic rings. The lowest BCUT2D eigenvalue weighted by molar-refractivity contribution is 0.602. The molecule has 0 saturated heterocycles.